The number of aliphatic hydroxyl groups is 1. The highest BCUT2D eigenvalue weighted by molar-refractivity contribution is 7.09. The first-order valence-corrected chi connectivity index (χ1v) is 8.98. The molecule has 1 aromatic carbocycles. The monoisotopic (exact) mass is 364 g/mol. The van der Waals surface area contributed by atoms with Gasteiger partial charge in [0.1, 0.15) is 11.9 Å². The number of carbonyl (C=O) groups excluding carboxylic acids is 1. The van der Waals surface area contributed by atoms with Crippen molar-refractivity contribution in [3.05, 3.63) is 45.9 Å². The molecule has 0 aliphatic carbocycles. The maximum atomic E-state index is 11.0. The van der Waals surface area contributed by atoms with Gasteiger partial charge in [0, 0.05) is 18.0 Å². The number of carbonyl (C=O) groups is 1. The molecule has 0 spiro atoms. The minimum Gasteiger partial charge on any atom is -0.482 e. The summed E-state index contributed by atoms with van der Waals surface area (Å²) in [4.78, 5) is 15.3. The number of aliphatic hydroxyl groups excluding tert-OH is 1. The molecule has 2 aromatic rings. The van der Waals surface area contributed by atoms with Gasteiger partial charge in [0.2, 0.25) is 0 Å². The first-order chi connectivity index (χ1) is 12.0. The second-order valence-corrected chi connectivity index (χ2v) is 6.89. The summed E-state index contributed by atoms with van der Waals surface area (Å²) in [6.45, 7) is 4.36. The predicted molar refractivity (Wildman–Crippen MR) is 96.9 cm³/mol. The van der Waals surface area contributed by atoms with Crippen molar-refractivity contribution < 1.29 is 19.4 Å². The molecule has 1 heterocycles. The molecule has 136 valence electrons. The smallest absolute Gasteiger partial charge is 0.343 e. The van der Waals surface area contributed by atoms with Gasteiger partial charge in [-0.25, -0.2) is 9.78 Å². The second-order valence-electron chi connectivity index (χ2n) is 5.83. The third-order valence-electron chi connectivity index (χ3n) is 3.69. The first kappa shape index (κ1) is 19.4. The molecule has 25 heavy (non-hydrogen) atoms. The van der Waals surface area contributed by atoms with Crippen LogP contribution in [0.1, 0.15) is 29.3 Å². The Morgan fingerprint density at radius 3 is 2.68 bits per heavy atom. The van der Waals surface area contributed by atoms with Crippen LogP contribution in [0, 0.1) is 6.92 Å². The summed E-state index contributed by atoms with van der Waals surface area (Å²) < 4.78 is 9.85. The molecule has 1 aromatic heterocycles. The maximum absolute atomic E-state index is 11.0. The number of esters is 1. The van der Waals surface area contributed by atoms with E-state index >= 15 is 0 Å². The van der Waals surface area contributed by atoms with Gasteiger partial charge in [0.05, 0.1) is 17.8 Å². The summed E-state index contributed by atoms with van der Waals surface area (Å²) in [5.41, 5.74) is 1.86. The molecule has 0 aliphatic heterocycles. The number of aromatic nitrogens is 1. The number of aryl methyl sites for hydroxylation is 1. The number of ether oxygens (including phenoxy) is 2. The molecule has 0 amide bonds. The van der Waals surface area contributed by atoms with E-state index in [4.69, 9.17) is 4.74 Å². The van der Waals surface area contributed by atoms with Crippen LogP contribution in [-0.4, -0.2) is 42.4 Å². The van der Waals surface area contributed by atoms with Crippen molar-refractivity contribution in [1.29, 1.82) is 0 Å². The Morgan fingerprint density at radius 2 is 2.08 bits per heavy atom. The molecule has 0 radical (unpaired) electrons. The molecule has 6 nitrogen and oxygen atoms in total. The number of benzene rings is 1. The average molecular weight is 364 g/mol. The van der Waals surface area contributed by atoms with Crippen molar-refractivity contribution >= 4 is 17.3 Å². The fourth-order valence-corrected chi connectivity index (χ4v) is 2.96. The Labute approximate surface area is 151 Å². The molecule has 0 saturated carbocycles. The van der Waals surface area contributed by atoms with Crippen LogP contribution in [0.4, 0.5) is 0 Å². The number of hydrogen-bond donors (Lipinski definition) is 2. The highest BCUT2D eigenvalue weighted by atomic mass is 32.1. The minimum atomic E-state index is -0.596. The van der Waals surface area contributed by atoms with E-state index in [1.165, 1.54) is 18.4 Å². The normalized spacial score (nSPS) is 13.3. The number of thiazole rings is 1. The SMILES string of the molecule is COC(=O)COc1ccc(CC(C)NCC(O)c2csc(C)n2)cc1. The average Bonchev–Trinajstić information content (AvgIpc) is 3.05. The van der Waals surface area contributed by atoms with Gasteiger partial charge in [-0.1, -0.05) is 12.1 Å². The molecule has 0 saturated heterocycles. The molecule has 2 atom stereocenters. The van der Waals surface area contributed by atoms with Crippen LogP contribution >= 0.6 is 11.3 Å². The maximum Gasteiger partial charge on any atom is 0.343 e. The molecule has 2 N–H and O–H groups in total. The van der Waals surface area contributed by atoms with E-state index in [1.54, 1.807) is 0 Å². The summed E-state index contributed by atoms with van der Waals surface area (Å²) in [5, 5.41) is 16.3. The van der Waals surface area contributed by atoms with Gasteiger partial charge in [0.15, 0.2) is 6.61 Å². The molecule has 2 rings (SSSR count). The minimum absolute atomic E-state index is 0.0955. The lowest BCUT2D eigenvalue weighted by molar-refractivity contribution is -0.142. The van der Waals surface area contributed by atoms with Crippen molar-refractivity contribution in [2.75, 3.05) is 20.3 Å². The molecular weight excluding hydrogens is 340 g/mol. The lowest BCUT2D eigenvalue weighted by Gasteiger charge is -2.16. The quantitative estimate of drug-likeness (QED) is 0.665. The Kier molecular flexibility index (Phi) is 7.36. The number of nitrogens with zero attached hydrogens (tertiary/aromatic N) is 1. The summed E-state index contributed by atoms with van der Waals surface area (Å²) in [6, 6.07) is 7.79. The van der Waals surface area contributed by atoms with E-state index in [-0.39, 0.29) is 12.6 Å². The Hall–Kier alpha value is -1.96. The van der Waals surface area contributed by atoms with Gasteiger partial charge >= 0.3 is 5.97 Å². The zero-order valence-corrected chi connectivity index (χ0v) is 15.5. The zero-order chi connectivity index (χ0) is 18.2. The predicted octanol–water partition coefficient (Wildman–Crippen LogP) is 2.26. The number of rotatable bonds is 9. The van der Waals surface area contributed by atoms with Crippen molar-refractivity contribution in [3.63, 3.8) is 0 Å². The van der Waals surface area contributed by atoms with Crippen LogP contribution in [-0.2, 0) is 16.0 Å². The van der Waals surface area contributed by atoms with E-state index in [2.05, 4.69) is 22.0 Å². The fraction of sp³-hybridized carbons (Fsp3) is 0.444. The summed E-state index contributed by atoms with van der Waals surface area (Å²) in [6.07, 6.45) is 0.224. The standard InChI is InChI=1S/C18H24N2O4S/c1-12(19-9-17(21)16-11-25-13(2)20-16)8-14-4-6-15(7-5-14)24-10-18(22)23-3/h4-7,11-12,17,19,21H,8-10H2,1-3H3. The molecule has 0 fully saturated rings. The molecule has 0 bridgehead atoms. The van der Waals surface area contributed by atoms with E-state index in [1.807, 2.05) is 36.6 Å². The number of hydrogen-bond acceptors (Lipinski definition) is 7. The molecule has 0 aliphatic rings. The summed E-state index contributed by atoms with van der Waals surface area (Å²) >= 11 is 1.54. The lowest BCUT2D eigenvalue weighted by atomic mass is 10.1. The van der Waals surface area contributed by atoms with Crippen LogP contribution < -0.4 is 10.1 Å². The van der Waals surface area contributed by atoms with E-state index in [9.17, 15) is 9.90 Å². The van der Waals surface area contributed by atoms with Crippen LogP contribution in [0.25, 0.3) is 0 Å². The van der Waals surface area contributed by atoms with E-state index in [0.29, 0.717) is 18.0 Å². The van der Waals surface area contributed by atoms with Crippen LogP contribution in [0.15, 0.2) is 29.6 Å². The van der Waals surface area contributed by atoms with Crippen molar-refractivity contribution in [1.82, 2.24) is 10.3 Å². The van der Waals surface area contributed by atoms with Gasteiger partial charge in [-0.3, -0.25) is 0 Å². The zero-order valence-electron chi connectivity index (χ0n) is 14.7. The van der Waals surface area contributed by atoms with Gasteiger partial charge in [-0.15, -0.1) is 11.3 Å². The fourth-order valence-electron chi connectivity index (χ4n) is 2.30. The summed E-state index contributed by atoms with van der Waals surface area (Å²) in [7, 11) is 1.33. The van der Waals surface area contributed by atoms with Crippen LogP contribution in [0.2, 0.25) is 0 Å². The Balaban J connectivity index is 1.76. The first-order valence-electron chi connectivity index (χ1n) is 8.10. The van der Waals surface area contributed by atoms with Crippen LogP contribution in [0.3, 0.4) is 0 Å². The number of nitrogens with one attached hydrogen (secondary N) is 1. The van der Waals surface area contributed by atoms with E-state index in [0.717, 1.165) is 17.0 Å². The van der Waals surface area contributed by atoms with Gasteiger partial charge in [0.25, 0.3) is 0 Å². The number of methoxy groups -OCH3 is 1. The van der Waals surface area contributed by atoms with Crippen molar-refractivity contribution in [2.24, 2.45) is 0 Å². The summed E-state index contributed by atoms with van der Waals surface area (Å²) in [5.74, 6) is 0.222. The topological polar surface area (TPSA) is 80.7 Å². The highest BCUT2D eigenvalue weighted by Crippen LogP contribution is 2.16. The molecular formula is C18H24N2O4S. The third kappa shape index (κ3) is 6.45. The largest absolute Gasteiger partial charge is 0.482 e. The molecule has 2 unspecified atom stereocenters. The lowest BCUT2D eigenvalue weighted by Crippen LogP contribution is -2.32. The van der Waals surface area contributed by atoms with Crippen molar-refractivity contribution in [2.45, 2.75) is 32.4 Å². The van der Waals surface area contributed by atoms with E-state index < -0.39 is 12.1 Å². The van der Waals surface area contributed by atoms with Gasteiger partial charge in [-0.05, 0) is 38.0 Å². The van der Waals surface area contributed by atoms with Crippen molar-refractivity contribution in [3.8, 4) is 5.75 Å². The van der Waals surface area contributed by atoms with Gasteiger partial charge in [-0.2, -0.15) is 0 Å². The van der Waals surface area contributed by atoms with Gasteiger partial charge < -0.3 is 19.9 Å². The van der Waals surface area contributed by atoms with Crippen LogP contribution in [0.5, 0.6) is 5.75 Å². The third-order valence-corrected chi connectivity index (χ3v) is 4.48. The Morgan fingerprint density at radius 1 is 1.36 bits per heavy atom. The highest BCUT2D eigenvalue weighted by Gasteiger charge is 2.12. The molecule has 7 heteroatoms. The second kappa shape index (κ2) is 9.50. The Bertz CT molecular complexity index is 672.